The number of hydrogen-bond acceptors (Lipinski definition) is 11. The molecule has 7 atom stereocenters. The maximum Gasteiger partial charge on any atom is 0.257 e. The van der Waals surface area contributed by atoms with Crippen LogP contribution in [0.4, 0.5) is 5.82 Å². The molecule has 3 fully saturated rings. The number of thiocarbonyl (C=S) groups is 1. The highest BCUT2D eigenvalue weighted by Crippen LogP contribution is 2.32. The van der Waals surface area contributed by atoms with E-state index in [1.165, 1.54) is 12.7 Å². The van der Waals surface area contributed by atoms with Crippen LogP contribution in [0, 0.1) is 0 Å². The minimum absolute atomic E-state index is 0.0561. The van der Waals surface area contributed by atoms with Gasteiger partial charge in [0.15, 0.2) is 23.2 Å². The molecule has 2 aliphatic heterocycles. The predicted octanol–water partition coefficient (Wildman–Crippen LogP) is -0.549. The van der Waals surface area contributed by atoms with E-state index in [0.717, 1.165) is 25.7 Å². The number of anilines is 1. The van der Waals surface area contributed by atoms with Crippen molar-refractivity contribution >= 4 is 34.4 Å². The topological polar surface area (TPSA) is 156 Å². The van der Waals surface area contributed by atoms with Gasteiger partial charge < -0.3 is 40.2 Å². The van der Waals surface area contributed by atoms with E-state index in [1.807, 2.05) is 0 Å². The summed E-state index contributed by atoms with van der Waals surface area (Å²) in [5, 5.41) is 37.5. The van der Waals surface area contributed by atoms with Gasteiger partial charge in [-0.3, -0.25) is 4.57 Å². The maximum atomic E-state index is 10.7. The minimum Gasteiger partial charge on any atom is -0.468 e. The quantitative estimate of drug-likeness (QED) is 0.337. The second-order valence-corrected chi connectivity index (χ2v) is 9.02. The number of ether oxygens (including phenoxy) is 3. The first-order valence-electron chi connectivity index (χ1n) is 11.2. The monoisotopic (exact) mass is 480 g/mol. The molecule has 2 aromatic rings. The van der Waals surface area contributed by atoms with Gasteiger partial charge in [0.2, 0.25) is 0 Å². The van der Waals surface area contributed by atoms with Gasteiger partial charge in [0, 0.05) is 6.61 Å². The molecule has 0 radical (unpaired) electrons. The van der Waals surface area contributed by atoms with E-state index in [1.54, 1.807) is 4.57 Å². The van der Waals surface area contributed by atoms with Gasteiger partial charge in [0.25, 0.3) is 5.17 Å². The number of aliphatic hydroxyl groups is 3. The first-order chi connectivity index (χ1) is 16.0. The summed E-state index contributed by atoms with van der Waals surface area (Å²) in [5.74, 6) is 0.577. The average Bonchev–Trinajstić information content (AvgIpc) is 3.59. The van der Waals surface area contributed by atoms with Crippen molar-refractivity contribution in [2.75, 3.05) is 25.1 Å². The number of imidazole rings is 1. The predicted molar refractivity (Wildman–Crippen MR) is 119 cm³/mol. The molecule has 2 saturated heterocycles. The summed E-state index contributed by atoms with van der Waals surface area (Å²) >= 11 is 5.20. The fourth-order valence-electron chi connectivity index (χ4n) is 4.54. The lowest BCUT2D eigenvalue weighted by molar-refractivity contribution is -0.0493. The van der Waals surface area contributed by atoms with Gasteiger partial charge in [-0.05, 0) is 37.9 Å². The van der Waals surface area contributed by atoms with Gasteiger partial charge in [-0.2, -0.15) is 0 Å². The molecule has 4 heterocycles. The van der Waals surface area contributed by atoms with Crippen molar-refractivity contribution in [3.8, 4) is 0 Å². The molecular weight excluding hydrogens is 452 g/mol. The maximum absolute atomic E-state index is 10.7. The highest BCUT2D eigenvalue weighted by molar-refractivity contribution is 7.80. The van der Waals surface area contributed by atoms with Crippen molar-refractivity contribution in [3.63, 3.8) is 0 Å². The molecule has 0 amide bonds. The number of hydrogen-bond donors (Lipinski definition) is 5. The summed E-state index contributed by atoms with van der Waals surface area (Å²) in [6, 6.07) is 0.00794. The van der Waals surface area contributed by atoms with Crippen LogP contribution in [-0.4, -0.2) is 96.3 Å². The summed E-state index contributed by atoms with van der Waals surface area (Å²) in [6.07, 6.45) is 1.68. The standard InChI is InChI=1S/C20H28N6O6S/c27-12-3-1-2-11(12)25-20(33)31-7-13-15(28)16(29)19(32-13)26-9-23-14-17(21-8-22-18(14)26)24-10-4-5-30-6-10/h8-13,15-16,19,27-29H,1-7H2,(H,25,33)(H,21,22,24)/t10-,11-,12-,13-,15+,16-,19-/m1/s1. The zero-order valence-electron chi connectivity index (χ0n) is 17.9. The van der Waals surface area contributed by atoms with Gasteiger partial charge in [-0.25, -0.2) is 15.0 Å². The molecule has 0 unspecified atom stereocenters. The Morgan fingerprint density at radius 2 is 2.06 bits per heavy atom. The van der Waals surface area contributed by atoms with Gasteiger partial charge in [-0.15, -0.1) is 0 Å². The molecule has 33 heavy (non-hydrogen) atoms. The Morgan fingerprint density at radius 3 is 2.82 bits per heavy atom. The molecular formula is C20H28N6O6S. The van der Waals surface area contributed by atoms with E-state index < -0.39 is 30.6 Å². The molecule has 1 saturated carbocycles. The van der Waals surface area contributed by atoms with Crippen molar-refractivity contribution in [2.24, 2.45) is 0 Å². The molecule has 0 aromatic carbocycles. The van der Waals surface area contributed by atoms with Crippen LogP contribution in [0.3, 0.4) is 0 Å². The first-order valence-corrected chi connectivity index (χ1v) is 11.6. The van der Waals surface area contributed by atoms with E-state index in [4.69, 9.17) is 26.4 Å². The van der Waals surface area contributed by atoms with Crippen LogP contribution in [0.1, 0.15) is 31.9 Å². The Hall–Kier alpha value is -2.16. The highest BCUT2D eigenvalue weighted by Gasteiger charge is 2.45. The zero-order chi connectivity index (χ0) is 22.9. The van der Waals surface area contributed by atoms with Gasteiger partial charge in [0.1, 0.15) is 31.2 Å². The Labute approximate surface area is 195 Å². The molecule has 0 bridgehead atoms. The second-order valence-electron chi connectivity index (χ2n) is 8.65. The SMILES string of the molecule is O[C@@H]1[C@@H](O)[C@@H](COC(=S)N[C@@H]2CCC[C@H]2O)O[C@H]1n1cnc2c(N[C@@H]3CCOC3)ncnc21. The molecule has 2 aromatic heterocycles. The molecule has 180 valence electrons. The molecule has 0 spiro atoms. The highest BCUT2D eigenvalue weighted by atomic mass is 32.1. The lowest BCUT2D eigenvalue weighted by atomic mass is 10.1. The van der Waals surface area contributed by atoms with Crippen molar-refractivity contribution < 1.29 is 29.5 Å². The largest absolute Gasteiger partial charge is 0.468 e. The fraction of sp³-hybridized carbons (Fsp3) is 0.700. The van der Waals surface area contributed by atoms with E-state index >= 15 is 0 Å². The van der Waals surface area contributed by atoms with E-state index in [9.17, 15) is 15.3 Å². The summed E-state index contributed by atoms with van der Waals surface area (Å²) in [6.45, 7) is 1.24. The molecule has 12 nitrogen and oxygen atoms in total. The smallest absolute Gasteiger partial charge is 0.257 e. The summed E-state index contributed by atoms with van der Waals surface area (Å²) < 4.78 is 18.4. The van der Waals surface area contributed by atoms with Crippen molar-refractivity contribution in [1.82, 2.24) is 24.8 Å². The third-order valence-electron chi connectivity index (χ3n) is 6.40. The summed E-state index contributed by atoms with van der Waals surface area (Å²) in [5.41, 5.74) is 1.01. The van der Waals surface area contributed by atoms with Crippen LogP contribution >= 0.6 is 12.2 Å². The number of aliphatic hydroxyl groups excluding tert-OH is 3. The molecule has 1 aliphatic carbocycles. The lowest BCUT2D eigenvalue weighted by Crippen LogP contribution is -2.42. The van der Waals surface area contributed by atoms with Gasteiger partial charge in [0.05, 0.1) is 31.1 Å². The number of aromatic nitrogens is 4. The van der Waals surface area contributed by atoms with E-state index in [0.29, 0.717) is 30.2 Å². The average molecular weight is 481 g/mol. The van der Waals surface area contributed by atoms with Crippen LogP contribution in [0.5, 0.6) is 0 Å². The number of fused-ring (bicyclic) bond motifs is 1. The van der Waals surface area contributed by atoms with Crippen molar-refractivity contribution in [1.29, 1.82) is 0 Å². The molecule has 5 rings (SSSR count). The molecule has 5 N–H and O–H groups in total. The van der Waals surface area contributed by atoms with Crippen LogP contribution in [0.15, 0.2) is 12.7 Å². The van der Waals surface area contributed by atoms with Crippen molar-refractivity contribution in [2.45, 2.75) is 68.4 Å². The van der Waals surface area contributed by atoms with Gasteiger partial charge >= 0.3 is 0 Å². The normalized spacial score (nSPS) is 34.1. The number of rotatable bonds is 6. The zero-order valence-corrected chi connectivity index (χ0v) is 18.7. The van der Waals surface area contributed by atoms with Crippen LogP contribution < -0.4 is 10.6 Å². The van der Waals surface area contributed by atoms with Gasteiger partial charge in [-0.1, -0.05) is 0 Å². The third-order valence-corrected chi connectivity index (χ3v) is 6.64. The molecule has 3 aliphatic rings. The van der Waals surface area contributed by atoms with Crippen LogP contribution in [-0.2, 0) is 14.2 Å². The second kappa shape index (κ2) is 9.60. The van der Waals surface area contributed by atoms with Crippen molar-refractivity contribution in [3.05, 3.63) is 12.7 Å². The Balaban J connectivity index is 1.24. The molecule has 13 heteroatoms. The Kier molecular flexibility index (Phi) is 6.58. The van der Waals surface area contributed by atoms with Crippen LogP contribution in [0.2, 0.25) is 0 Å². The number of nitrogens with one attached hydrogen (secondary N) is 2. The Morgan fingerprint density at radius 1 is 1.18 bits per heavy atom. The first kappa shape index (κ1) is 22.6. The number of nitrogens with zero attached hydrogens (tertiary/aromatic N) is 4. The fourth-order valence-corrected chi connectivity index (χ4v) is 4.76. The lowest BCUT2D eigenvalue weighted by Gasteiger charge is -2.20. The van der Waals surface area contributed by atoms with Crippen LogP contribution in [0.25, 0.3) is 11.2 Å². The van der Waals surface area contributed by atoms with E-state index in [2.05, 4.69) is 25.6 Å². The minimum atomic E-state index is -1.22. The third kappa shape index (κ3) is 4.61. The Bertz CT molecular complexity index is 987. The van der Waals surface area contributed by atoms with E-state index in [-0.39, 0.29) is 23.9 Å². The summed E-state index contributed by atoms with van der Waals surface area (Å²) in [7, 11) is 0. The summed E-state index contributed by atoms with van der Waals surface area (Å²) in [4.78, 5) is 13.0.